The van der Waals surface area contributed by atoms with Crippen molar-refractivity contribution in [3.05, 3.63) is 119 Å². The molecule has 0 saturated heterocycles. The molecule has 212 valence electrons. The van der Waals surface area contributed by atoms with E-state index < -0.39 is 5.92 Å². The van der Waals surface area contributed by atoms with Crippen LogP contribution < -0.4 is 16.4 Å². The van der Waals surface area contributed by atoms with Gasteiger partial charge >= 0.3 is 0 Å². The van der Waals surface area contributed by atoms with E-state index in [1.807, 2.05) is 60.7 Å². The maximum Gasteiger partial charge on any atom is 0.233 e. The van der Waals surface area contributed by atoms with Crippen molar-refractivity contribution in [2.75, 3.05) is 17.2 Å². The van der Waals surface area contributed by atoms with Gasteiger partial charge in [-0.2, -0.15) is 5.10 Å². The molecule has 4 N–H and O–H groups in total. The number of rotatable bonds is 7. The second kappa shape index (κ2) is 11.1. The van der Waals surface area contributed by atoms with Crippen molar-refractivity contribution in [3.63, 3.8) is 0 Å². The number of furan rings is 1. The normalized spacial score (nSPS) is 12.2. The number of carbonyl (C=O) groups is 1. The van der Waals surface area contributed by atoms with E-state index in [0.717, 1.165) is 38.7 Å². The summed E-state index contributed by atoms with van der Waals surface area (Å²) < 4.78 is 7.99. The van der Waals surface area contributed by atoms with E-state index in [2.05, 4.69) is 27.9 Å². The zero-order valence-electron chi connectivity index (χ0n) is 22.6. The molecule has 4 aromatic carbocycles. The van der Waals surface area contributed by atoms with Crippen molar-refractivity contribution in [1.29, 1.82) is 0 Å². The van der Waals surface area contributed by atoms with Crippen molar-refractivity contribution < 1.29 is 9.21 Å². The van der Waals surface area contributed by atoms with Gasteiger partial charge in [-0.15, -0.1) is 0 Å². The van der Waals surface area contributed by atoms with Crippen LogP contribution in [0.5, 0.6) is 0 Å². The number of anilines is 3. The highest BCUT2D eigenvalue weighted by Crippen LogP contribution is 2.36. The van der Waals surface area contributed by atoms with Crippen LogP contribution in [0.25, 0.3) is 38.7 Å². The molecule has 0 saturated carbocycles. The lowest BCUT2D eigenvalue weighted by molar-refractivity contribution is -0.117. The lowest BCUT2D eigenvalue weighted by Crippen LogP contribution is -2.27. The molecule has 3 heterocycles. The van der Waals surface area contributed by atoms with Crippen LogP contribution in [0.3, 0.4) is 0 Å². The predicted octanol–water partition coefficient (Wildman–Crippen LogP) is 8.03. The highest BCUT2D eigenvalue weighted by Gasteiger charge is 2.21. The maximum atomic E-state index is 13.2. The number of nitrogens with zero attached hydrogens (tertiary/aromatic N) is 3. The van der Waals surface area contributed by atoms with E-state index in [1.165, 1.54) is 0 Å². The summed E-state index contributed by atoms with van der Waals surface area (Å²) in [4.78, 5) is 18.1. The van der Waals surface area contributed by atoms with E-state index in [-0.39, 0.29) is 12.5 Å². The fourth-order valence-corrected chi connectivity index (χ4v) is 5.56. The molecule has 0 aliphatic heterocycles. The van der Waals surface area contributed by atoms with Gasteiger partial charge in [0.15, 0.2) is 0 Å². The van der Waals surface area contributed by atoms with Crippen LogP contribution in [-0.2, 0) is 4.79 Å². The summed E-state index contributed by atoms with van der Waals surface area (Å²) in [6.45, 7) is 0.105. The standard InChI is InChI=1S/C33H24Cl2N6O2/c34-27-12-11-19(15-28(27)35)26(18-36)32(42)38-20-5-3-6-21(16-20)39-33-40-29(17-22-13-14-37-41(22)33)25-9-4-8-24-23-7-1-2-10-30(23)43-31(24)25/h1-17,26H,18,36H2,(H,38,42)(H,39,40). The van der Waals surface area contributed by atoms with Gasteiger partial charge in [0.2, 0.25) is 11.9 Å². The number of aromatic nitrogens is 3. The molecule has 7 aromatic rings. The molecular formula is C33H24Cl2N6O2. The second-order valence-corrected chi connectivity index (χ2v) is 10.9. The van der Waals surface area contributed by atoms with Crippen molar-refractivity contribution >= 4 is 73.9 Å². The van der Waals surface area contributed by atoms with Gasteiger partial charge in [0.1, 0.15) is 11.2 Å². The number of amides is 1. The molecule has 0 bridgehead atoms. The van der Waals surface area contributed by atoms with Crippen LogP contribution in [0.15, 0.2) is 108 Å². The van der Waals surface area contributed by atoms with Gasteiger partial charge in [0.25, 0.3) is 0 Å². The summed E-state index contributed by atoms with van der Waals surface area (Å²) in [5.74, 6) is -0.356. The van der Waals surface area contributed by atoms with Crippen molar-refractivity contribution in [2.45, 2.75) is 5.92 Å². The molecule has 7 rings (SSSR count). The maximum absolute atomic E-state index is 13.2. The molecule has 3 aromatic heterocycles. The Balaban J connectivity index is 1.20. The smallest absolute Gasteiger partial charge is 0.233 e. The number of nitrogens with one attached hydrogen (secondary N) is 2. The third-order valence-corrected chi connectivity index (χ3v) is 8.09. The number of hydrogen-bond donors (Lipinski definition) is 3. The van der Waals surface area contributed by atoms with Gasteiger partial charge < -0.3 is 20.8 Å². The molecule has 10 heteroatoms. The number of nitrogens with two attached hydrogens (primary N) is 1. The van der Waals surface area contributed by atoms with E-state index in [0.29, 0.717) is 32.9 Å². The topological polar surface area (TPSA) is 110 Å². The summed E-state index contributed by atoms with van der Waals surface area (Å²) in [5.41, 5.74) is 12.0. The van der Waals surface area contributed by atoms with Crippen LogP contribution in [-0.4, -0.2) is 27.0 Å². The number of carbonyl (C=O) groups excluding carboxylic acids is 1. The van der Waals surface area contributed by atoms with E-state index >= 15 is 0 Å². The average molecular weight is 608 g/mol. The molecule has 1 amide bonds. The highest BCUT2D eigenvalue weighted by molar-refractivity contribution is 6.42. The van der Waals surface area contributed by atoms with E-state index in [4.69, 9.17) is 38.3 Å². The number of para-hydroxylation sites is 2. The Morgan fingerprint density at radius 1 is 0.884 bits per heavy atom. The van der Waals surface area contributed by atoms with Crippen molar-refractivity contribution in [1.82, 2.24) is 14.6 Å². The molecule has 0 fully saturated rings. The monoisotopic (exact) mass is 606 g/mol. The molecule has 0 aliphatic carbocycles. The first-order valence-corrected chi connectivity index (χ1v) is 14.3. The van der Waals surface area contributed by atoms with Gasteiger partial charge in [0.05, 0.1) is 33.4 Å². The summed E-state index contributed by atoms with van der Waals surface area (Å²) >= 11 is 12.2. The average Bonchev–Trinajstić information content (AvgIpc) is 3.64. The van der Waals surface area contributed by atoms with Crippen LogP contribution in [0.2, 0.25) is 10.0 Å². The Morgan fingerprint density at radius 2 is 1.70 bits per heavy atom. The largest absolute Gasteiger partial charge is 0.455 e. The van der Waals surface area contributed by atoms with Crippen LogP contribution >= 0.6 is 23.2 Å². The SMILES string of the molecule is NCC(C(=O)Nc1cccc(Nc2nc(-c3cccc4c3oc3ccccc34)cc3ccnn23)c1)c1ccc(Cl)c(Cl)c1. The minimum absolute atomic E-state index is 0.105. The van der Waals surface area contributed by atoms with Gasteiger partial charge in [-0.3, -0.25) is 4.79 Å². The first-order chi connectivity index (χ1) is 21.0. The summed E-state index contributed by atoms with van der Waals surface area (Å²) in [6, 6.07) is 30.4. The molecular weight excluding hydrogens is 583 g/mol. The van der Waals surface area contributed by atoms with Crippen molar-refractivity contribution in [3.8, 4) is 11.3 Å². The lowest BCUT2D eigenvalue weighted by Gasteiger charge is -2.17. The number of hydrogen-bond acceptors (Lipinski definition) is 6. The Morgan fingerprint density at radius 3 is 2.56 bits per heavy atom. The minimum atomic E-state index is -0.602. The first kappa shape index (κ1) is 27.0. The Hall–Kier alpha value is -4.89. The molecule has 0 spiro atoms. The molecule has 43 heavy (non-hydrogen) atoms. The summed E-state index contributed by atoms with van der Waals surface area (Å²) in [6.07, 6.45) is 1.72. The van der Waals surface area contributed by atoms with E-state index in [1.54, 1.807) is 35.0 Å². The summed E-state index contributed by atoms with van der Waals surface area (Å²) in [5, 5.41) is 13.7. The number of halogens is 2. The molecule has 8 nitrogen and oxygen atoms in total. The van der Waals surface area contributed by atoms with E-state index in [9.17, 15) is 4.79 Å². The Kier molecular flexibility index (Phi) is 6.95. The molecule has 1 atom stereocenters. The quantitative estimate of drug-likeness (QED) is 0.169. The van der Waals surface area contributed by atoms with Gasteiger partial charge in [0, 0.05) is 34.3 Å². The molecule has 0 radical (unpaired) electrons. The van der Waals surface area contributed by atoms with Crippen LogP contribution in [0, 0.1) is 0 Å². The predicted molar refractivity (Wildman–Crippen MR) is 172 cm³/mol. The zero-order chi connectivity index (χ0) is 29.5. The van der Waals surface area contributed by atoms with Crippen LogP contribution in [0.1, 0.15) is 11.5 Å². The fraction of sp³-hybridized carbons (Fsp3) is 0.0606. The van der Waals surface area contributed by atoms with Gasteiger partial charge in [-0.05, 0) is 60.2 Å². The minimum Gasteiger partial charge on any atom is -0.455 e. The highest BCUT2D eigenvalue weighted by atomic mass is 35.5. The molecule has 0 aliphatic rings. The van der Waals surface area contributed by atoms with Gasteiger partial charge in [-0.25, -0.2) is 9.50 Å². The number of fused-ring (bicyclic) bond motifs is 4. The number of benzene rings is 4. The molecule has 1 unspecified atom stereocenters. The third-order valence-electron chi connectivity index (χ3n) is 7.35. The van der Waals surface area contributed by atoms with Gasteiger partial charge in [-0.1, -0.05) is 65.7 Å². The fourth-order valence-electron chi connectivity index (χ4n) is 5.26. The first-order valence-electron chi connectivity index (χ1n) is 13.6. The Labute approximate surface area is 256 Å². The van der Waals surface area contributed by atoms with Crippen LogP contribution in [0.4, 0.5) is 17.3 Å². The Bertz CT molecular complexity index is 2160. The van der Waals surface area contributed by atoms with Crippen molar-refractivity contribution in [2.24, 2.45) is 5.73 Å². The summed E-state index contributed by atoms with van der Waals surface area (Å²) in [7, 11) is 0. The lowest BCUT2D eigenvalue weighted by atomic mass is 9.98. The third kappa shape index (κ3) is 5.06. The second-order valence-electron chi connectivity index (χ2n) is 10.1. The zero-order valence-corrected chi connectivity index (χ0v) is 24.1.